The van der Waals surface area contributed by atoms with Crippen LogP contribution in [0.4, 0.5) is 13.2 Å². The van der Waals surface area contributed by atoms with Crippen molar-refractivity contribution in [3.05, 3.63) is 99.6 Å². The number of nitrogens with zero attached hydrogens (tertiary/aromatic N) is 4. The minimum Gasteiger partial charge on any atom is -0.424 e. The first kappa shape index (κ1) is 23.3. The van der Waals surface area contributed by atoms with Crippen LogP contribution in [0.2, 0.25) is 5.02 Å². The average molecular weight is 484 g/mol. The van der Waals surface area contributed by atoms with Crippen molar-refractivity contribution in [3.63, 3.8) is 0 Å². The van der Waals surface area contributed by atoms with Crippen LogP contribution in [-0.4, -0.2) is 20.2 Å². The van der Waals surface area contributed by atoms with E-state index in [0.717, 1.165) is 29.1 Å². The molecule has 0 unspecified atom stereocenters. The lowest BCUT2D eigenvalue weighted by Crippen LogP contribution is -2.08. The van der Waals surface area contributed by atoms with Crippen molar-refractivity contribution >= 4 is 11.6 Å². The number of alkyl halides is 3. The zero-order chi connectivity index (χ0) is 24.1. The van der Waals surface area contributed by atoms with E-state index in [1.807, 2.05) is 18.2 Å². The number of H-pyrrole nitrogens is 1. The number of nitriles is 1. The van der Waals surface area contributed by atoms with Crippen molar-refractivity contribution in [3.8, 4) is 17.8 Å². The second kappa shape index (κ2) is 9.93. The van der Waals surface area contributed by atoms with Crippen LogP contribution in [-0.2, 0) is 25.4 Å². The highest BCUT2D eigenvalue weighted by Gasteiger charge is 2.33. The quantitative estimate of drug-likeness (QED) is 0.353. The van der Waals surface area contributed by atoms with Gasteiger partial charge in [-0.3, -0.25) is 5.10 Å². The Bertz CT molecular complexity index is 1330. The van der Waals surface area contributed by atoms with Crippen LogP contribution < -0.4 is 4.74 Å². The minimum absolute atomic E-state index is 0.310. The van der Waals surface area contributed by atoms with E-state index in [9.17, 15) is 18.4 Å². The van der Waals surface area contributed by atoms with Gasteiger partial charge in [0.2, 0.25) is 0 Å². The minimum atomic E-state index is -4.58. The Balaban J connectivity index is 1.39. The van der Waals surface area contributed by atoms with Crippen molar-refractivity contribution in [1.29, 1.82) is 5.26 Å². The molecule has 0 saturated carbocycles. The van der Waals surface area contributed by atoms with Crippen molar-refractivity contribution in [2.24, 2.45) is 0 Å². The lowest BCUT2D eigenvalue weighted by molar-refractivity contribution is -0.141. The molecule has 2 aromatic heterocycles. The van der Waals surface area contributed by atoms with Crippen molar-refractivity contribution in [2.75, 3.05) is 0 Å². The zero-order valence-electron chi connectivity index (χ0n) is 17.6. The molecule has 0 saturated heterocycles. The molecule has 0 spiro atoms. The molecule has 0 aliphatic heterocycles. The third kappa shape index (κ3) is 5.71. The Kier molecular flexibility index (Phi) is 6.80. The fraction of sp³-hybridized carbons (Fsp3) is 0.167. The number of nitrogens with one attached hydrogen (secondary N) is 1. The Morgan fingerprint density at radius 1 is 1.03 bits per heavy atom. The number of aryl methyl sites for hydroxylation is 2. The molecular formula is C24H17ClF3N5O. The van der Waals surface area contributed by atoms with Gasteiger partial charge in [0.05, 0.1) is 17.0 Å². The summed E-state index contributed by atoms with van der Waals surface area (Å²) < 4.78 is 43.7. The normalized spacial score (nSPS) is 11.3. The first-order chi connectivity index (χ1) is 16.3. The smallest absolute Gasteiger partial charge is 0.424 e. The van der Waals surface area contributed by atoms with Crippen LogP contribution in [0.25, 0.3) is 0 Å². The third-order valence-corrected chi connectivity index (χ3v) is 5.24. The van der Waals surface area contributed by atoms with Gasteiger partial charge in [-0.25, -0.2) is 4.98 Å². The fourth-order valence-corrected chi connectivity index (χ4v) is 3.57. The van der Waals surface area contributed by atoms with Gasteiger partial charge in [-0.2, -0.15) is 28.5 Å². The van der Waals surface area contributed by atoms with Gasteiger partial charge in [0.1, 0.15) is 11.8 Å². The summed E-state index contributed by atoms with van der Waals surface area (Å²) in [5.41, 5.74) is 2.75. The molecule has 0 radical (unpaired) electrons. The van der Waals surface area contributed by atoms with E-state index in [-0.39, 0.29) is 6.01 Å². The number of halogens is 4. The molecule has 2 heterocycles. The third-order valence-electron chi connectivity index (χ3n) is 5.00. The molecule has 172 valence electrons. The summed E-state index contributed by atoms with van der Waals surface area (Å²) in [6, 6.07) is 16.9. The summed E-state index contributed by atoms with van der Waals surface area (Å²) in [7, 11) is 0. The summed E-state index contributed by atoms with van der Waals surface area (Å²) in [6.45, 7) is 0. The fourth-order valence-electron chi connectivity index (χ4n) is 3.35. The molecule has 1 N–H and O–H groups in total. The first-order valence-corrected chi connectivity index (χ1v) is 10.6. The van der Waals surface area contributed by atoms with Crippen LogP contribution in [0.3, 0.4) is 0 Å². The largest absolute Gasteiger partial charge is 0.433 e. The molecule has 0 bridgehead atoms. The van der Waals surface area contributed by atoms with Crippen LogP contribution >= 0.6 is 11.6 Å². The number of aromatic amines is 1. The molecule has 6 nitrogen and oxygen atoms in total. The summed E-state index contributed by atoms with van der Waals surface area (Å²) in [4.78, 5) is 7.11. The second-order valence-electron chi connectivity index (χ2n) is 7.41. The Morgan fingerprint density at radius 3 is 2.53 bits per heavy atom. The maximum absolute atomic E-state index is 12.8. The molecule has 0 atom stereocenters. The van der Waals surface area contributed by atoms with Crippen LogP contribution in [0.1, 0.15) is 33.8 Å². The van der Waals surface area contributed by atoms with Crippen LogP contribution in [0.15, 0.2) is 60.8 Å². The van der Waals surface area contributed by atoms with E-state index in [0.29, 0.717) is 41.3 Å². The van der Waals surface area contributed by atoms with Gasteiger partial charge < -0.3 is 4.74 Å². The highest BCUT2D eigenvalue weighted by molar-refractivity contribution is 6.30. The Labute approximate surface area is 198 Å². The molecule has 4 aromatic rings. The van der Waals surface area contributed by atoms with Crippen LogP contribution in [0.5, 0.6) is 11.8 Å². The standard InChI is InChI=1S/C24H17ClF3N5O/c25-17-3-1-2-16(12-17)13-21-19(14-29)20(32-33-21)9-6-15-4-7-18(8-5-15)34-23-30-11-10-22(31-23)24(26,27)28/h1-5,7-8,10-12H,6,9,13H2,(H,32,33). The van der Waals surface area contributed by atoms with Gasteiger partial charge in [-0.05, 0) is 54.3 Å². The average Bonchev–Trinajstić information content (AvgIpc) is 3.19. The molecule has 34 heavy (non-hydrogen) atoms. The maximum Gasteiger partial charge on any atom is 0.433 e. The molecule has 0 fully saturated rings. The molecule has 4 rings (SSSR count). The monoisotopic (exact) mass is 483 g/mol. The number of aromatic nitrogens is 4. The lowest BCUT2D eigenvalue weighted by Gasteiger charge is -2.08. The van der Waals surface area contributed by atoms with Gasteiger partial charge in [0.15, 0.2) is 5.69 Å². The molecule has 0 aliphatic carbocycles. The Morgan fingerprint density at radius 2 is 1.82 bits per heavy atom. The van der Waals surface area contributed by atoms with E-state index in [1.165, 1.54) is 0 Å². The van der Waals surface area contributed by atoms with E-state index < -0.39 is 11.9 Å². The highest BCUT2D eigenvalue weighted by Crippen LogP contribution is 2.29. The van der Waals surface area contributed by atoms with Gasteiger partial charge >= 0.3 is 12.2 Å². The number of hydrogen-bond donors (Lipinski definition) is 1. The van der Waals surface area contributed by atoms with E-state index in [1.54, 1.807) is 30.3 Å². The van der Waals surface area contributed by atoms with E-state index in [2.05, 4.69) is 26.2 Å². The zero-order valence-corrected chi connectivity index (χ0v) is 18.4. The van der Waals surface area contributed by atoms with E-state index >= 15 is 0 Å². The summed E-state index contributed by atoms with van der Waals surface area (Å²) >= 11 is 6.04. The highest BCUT2D eigenvalue weighted by atomic mass is 35.5. The topological polar surface area (TPSA) is 87.5 Å². The molecule has 2 aromatic carbocycles. The number of benzene rings is 2. The summed E-state index contributed by atoms with van der Waals surface area (Å²) in [5, 5.41) is 17.5. The number of rotatable bonds is 7. The molecular weight excluding hydrogens is 467 g/mol. The maximum atomic E-state index is 12.8. The summed E-state index contributed by atoms with van der Waals surface area (Å²) in [5.74, 6) is 0.310. The second-order valence-corrected chi connectivity index (χ2v) is 7.85. The first-order valence-electron chi connectivity index (χ1n) is 10.2. The Hall–Kier alpha value is -3.90. The lowest BCUT2D eigenvalue weighted by atomic mass is 10.0. The van der Waals surface area contributed by atoms with Gasteiger partial charge in [-0.1, -0.05) is 35.9 Å². The predicted octanol–water partition coefficient (Wildman–Crippen LogP) is 5.91. The number of hydrogen-bond acceptors (Lipinski definition) is 5. The predicted molar refractivity (Wildman–Crippen MR) is 119 cm³/mol. The summed E-state index contributed by atoms with van der Waals surface area (Å²) in [6.07, 6.45) is -1.92. The number of ether oxygens (including phenoxy) is 1. The van der Waals surface area contributed by atoms with Gasteiger partial charge in [-0.15, -0.1) is 0 Å². The van der Waals surface area contributed by atoms with Gasteiger partial charge in [0, 0.05) is 17.6 Å². The van der Waals surface area contributed by atoms with Crippen LogP contribution in [0, 0.1) is 11.3 Å². The SMILES string of the molecule is N#Cc1c(CCc2ccc(Oc3nccc(C(F)(F)F)n3)cc2)n[nH]c1Cc1cccc(Cl)c1. The van der Waals surface area contributed by atoms with E-state index in [4.69, 9.17) is 16.3 Å². The van der Waals surface area contributed by atoms with Gasteiger partial charge in [0.25, 0.3) is 0 Å². The molecule has 0 aliphatic rings. The van der Waals surface area contributed by atoms with Crippen molar-refractivity contribution in [1.82, 2.24) is 20.2 Å². The van der Waals surface area contributed by atoms with Crippen molar-refractivity contribution < 1.29 is 17.9 Å². The molecule has 10 heteroatoms. The molecule has 0 amide bonds. The van der Waals surface area contributed by atoms with Crippen molar-refractivity contribution in [2.45, 2.75) is 25.4 Å².